The van der Waals surface area contributed by atoms with Crippen LogP contribution in [0.3, 0.4) is 0 Å². The number of rotatable bonds is 3. The summed E-state index contributed by atoms with van der Waals surface area (Å²) < 4.78 is 15.4. The average Bonchev–Trinajstić information content (AvgIpc) is 2.58. The molecule has 0 radical (unpaired) electrons. The number of ether oxygens (including phenoxy) is 2. The van der Waals surface area contributed by atoms with Crippen molar-refractivity contribution in [3.8, 4) is 34.1 Å². The molecule has 0 saturated heterocycles. The van der Waals surface area contributed by atoms with Gasteiger partial charge in [0, 0.05) is 0 Å². The van der Waals surface area contributed by atoms with E-state index >= 15 is 0 Å². The lowest BCUT2D eigenvalue weighted by molar-refractivity contribution is 0.317. The standard InChI is InChI=1S/C17H14O6/c1-21-16-13(19)11-12(18)10(9-6-4-3-5-7-9)8-23-15(11)14(20)17(16)22-2/h3-8,19-20H,1-2H3. The zero-order valence-electron chi connectivity index (χ0n) is 12.5. The summed E-state index contributed by atoms with van der Waals surface area (Å²) in [6, 6.07) is 8.88. The molecule has 118 valence electrons. The maximum atomic E-state index is 12.7. The van der Waals surface area contributed by atoms with Gasteiger partial charge in [0.2, 0.25) is 22.7 Å². The first-order chi connectivity index (χ1) is 11.1. The Hall–Kier alpha value is -3.15. The summed E-state index contributed by atoms with van der Waals surface area (Å²) in [6.07, 6.45) is 1.24. The average molecular weight is 314 g/mol. The minimum absolute atomic E-state index is 0.104. The molecule has 0 atom stereocenters. The van der Waals surface area contributed by atoms with Crippen molar-refractivity contribution in [3.05, 3.63) is 46.8 Å². The van der Waals surface area contributed by atoms with Crippen LogP contribution in [-0.4, -0.2) is 24.4 Å². The van der Waals surface area contributed by atoms with Crippen molar-refractivity contribution in [1.82, 2.24) is 0 Å². The Bertz CT molecular complexity index is 927. The monoisotopic (exact) mass is 314 g/mol. The van der Waals surface area contributed by atoms with Crippen molar-refractivity contribution >= 4 is 11.0 Å². The summed E-state index contributed by atoms with van der Waals surface area (Å²) in [5.41, 5.74) is 0.257. The zero-order valence-corrected chi connectivity index (χ0v) is 12.5. The highest BCUT2D eigenvalue weighted by molar-refractivity contribution is 5.95. The second-order valence-corrected chi connectivity index (χ2v) is 4.81. The van der Waals surface area contributed by atoms with Crippen LogP contribution in [-0.2, 0) is 0 Å². The molecule has 3 rings (SSSR count). The number of fused-ring (bicyclic) bond motifs is 1. The van der Waals surface area contributed by atoms with Crippen molar-refractivity contribution in [3.63, 3.8) is 0 Å². The van der Waals surface area contributed by atoms with Crippen LogP contribution in [0.4, 0.5) is 0 Å². The fraction of sp³-hybridized carbons (Fsp3) is 0.118. The Morgan fingerprint density at radius 3 is 2.17 bits per heavy atom. The third kappa shape index (κ3) is 2.15. The summed E-state index contributed by atoms with van der Waals surface area (Å²) in [5, 5.41) is 20.4. The van der Waals surface area contributed by atoms with E-state index in [1.165, 1.54) is 20.5 Å². The van der Waals surface area contributed by atoms with Crippen LogP contribution in [0.25, 0.3) is 22.1 Å². The Morgan fingerprint density at radius 2 is 1.57 bits per heavy atom. The first kappa shape index (κ1) is 14.8. The molecule has 0 aliphatic heterocycles. The van der Waals surface area contributed by atoms with Gasteiger partial charge in [-0.25, -0.2) is 0 Å². The number of hydrogen-bond donors (Lipinski definition) is 2. The lowest BCUT2D eigenvalue weighted by Gasteiger charge is -2.13. The Balaban J connectivity index is 2.43. The smallest absolute Gasteiger partial charge is 0.211 e. The first-order valence-corrected chi connectivity index (χ1v) is 6.77. The van der Waals surface area contributed by atoms with Crippen LogP contribution in [0.2, 0.25) is 0 Å². The van der Waals surface area contributed by atoms with E-state index in [0.29, 0.717) is 5.56 Å². The van der Waals surface area contributed by atoms with E-state index in [1.54, 1.807) is 24.3 Å². The molecule has 0 fully saturated rings. The predicted octanol–water partition coefficient (Wildman–Crippen LogP) is 2.89. The fourth-order valence-corrected chi connectivity index (χ4v) is 2.48. The maximum absolute atomic E-state index is 12.7. The van der Waals surface area contributed by atoms with Gasteiger partial charge in [0.25, 0.3) is 0 Å². The number of phenolic OH excluding ortho intramolecular Hbond substituents is 2. The molecule has 2 N–H and O–H groups in total. The molecular weight excluding hydrogens is 300 g/mol. The normalized spacial score (nSPS) is 10.7. The van der Waals surface area contributed by atoms with E-state index in [0.717, 1.165) is 0 Å². The van der Waals surface area contributed by atoms with Crippen LogP contribution in [0.15, 0.2) is 45.8 Å². The fourth-order valence-electron chi connectivity index (χ4n) is 2.48. The van der Waals surface area contributed by atoms with Gasteiger partial charge in [0.05, 0.1) is 19.8 Å². The molecular formula is C17H14O6. The summed E-state index contributed by atoms with van der Waals surface area (Å²) in [4.78, 5) is 12.7. The molecule has 0 aliphatic carbocycles. The second-order valence-electron chi connectivity index (χ2n) is 4.81. The minimum Gasteiger partial charge on any atom is -0.504 e. The van der Waals surface area contributed by atoms with Gasteiger partial charge in [0.15, 0.2) is 11.3 Å². The van der Waals surface area contributed by atoms with E-state index < -0.39 is 16.9 Å². The molecule has 0 amide bonds. The highest BCUT2D eigenvalue weighted by Gasteiger charge is 2.25. The van der Waals surface area contributed by atoms with Gasteiger partial charge in [0.1, 0.15) is 11.6 Å². The van der Waals surface area contributed by atoms with Gasteiger partial charge in [-0.2, -0.15) is 0 Å². The molecule has 3 aromatic rings. The van der Waals surface area contributed by atoms with E-state index in [9.17, 15) is 15.0 Å². The summed E-state index contributed by atoms with van der Waals surface area (Å²) in [6.45, 7) is 0. The van der Waals surface area contributed by atoms with Crippen molar-refractivity contribution < 1.29 is 24.1 Å². The van der Waals surface area contributed by atoms with Crippen LogP contribution >= 0.6 is 0 Å². The van der Waals surface area contributed by atoms with Gasteiger partial charge in [-0.1, -0.05) is 30.3 Å². The molecule has 0 unspecified atom stereocenters. The third-order valence-corrected chi connectivity index (χ3v) is 3.57. The SMILES string of the molecule is COc1c(OC)c(O)c2c(=O)c(-c3ccccc3)coc2c1O. The van der Waals surface area contributed by atoms with Crippen LogP contribution < -0.4 is 14.9 Å². The molecule has 2 aromatic carbocycles. The van der Waals surface area contributed by atoms with Crippen LogP contribution in [0.5, 0.6) is 23.0 Å². The number of methoxy groups -OCH3 is 2. The molecule has 1 heterocycles. The van der Waals surface area contributed by atoms with Crippen molar-refractivity contribution in [2.45, 2.75) is 0 Å². The topological polar surface area (TPSA) is 89.1 Å². The first-order valence-electron chi connectivity index (χ1n) is 6.77. The minimum atomic E-state index is -0.480. The molecule has 0 bridgehead atoms. The predicted molar refractivity (Wildman–Crippen MR) is 84.4 cm³/mol. The second kappa shape index (κ2) is 5.57. The quantitative estimate of drug-likeness (QED) is 0.723. The lowest BCUT2D eigenvalue weighted by Crippen LogP contribution is -2.06. The number of benzene rings is 2. The molecule has 0 saturated carbocycles. The Kier molecular flexibility index (Phi) is 3.57. The van der Waals surface area contributed by atoms with Crippen LogP contribution in [0, 0.1) is 0 Å². The third-order valence-electron chi connectivity index (χ3n) is 3.57. The number of phenols is 2. The van der Waals surface area contributed by atoms with E-state index in [4.69, 9.17) is 13.9 Å². The molecule has 1 aromatic heterocycles. The maximum Gasteiger partial charge on any atom is 0.211 e. The summed E-state index contributed by atoms with van der Waals surface area (Å²) in [7, 11) is 2.60. The Morgan fingerprint density at radius 1 is 0.957 bits per heavy atom. The summed E-state index contributed by atoms with van der Waals surface area (Å²) in [5.74, 6) is -1.08. The van der Waals surface area contributed by atoms with Crippen LogP contribution in [0.1, 0.15) is 0 Å². The highest BCUT2D eigenvalue weighted by atomic mass is 16.5. The van der Waals surface area contributed by atoms with Crippen molar-refractivity contribution in [2.24, 2.45) is 0 Å². The van der Waals surface area contributed by atoms with Gasteiger partial charge < -0.3 is 24.1 Å². The summed E-state index contributed by atoms with van der Waals surface area (Å²) >= 11 is 0. The van der Waals surface area contributed by atoms with E-state index in [2.05, 4.69) is 0 Å². The van der Waals surface area contributed by atoms with Gasteiger partial charge in [-0.05, 0) is 5.56 Å². The molecule has 23 heavy (non-hydrogen) atoms. The Labute approximate surface area is 131 Å². The van der Waals surface area contributed by atoms with Crippen molar-refractivity contribution in [2.75, 3.05) is 14.2 Å². The van der Waals surface area contributed by atoms with E-state index in [-0.39, 0.29) is 28.0 Å². The number of hydrogen-bond acceptors (Lipinski definition) is 6. The molecule has 0 aliphatic rings. The highest BCUT2D eigenvalue weighted by Crippen LogP contribution is 2.49. The van der Waals surface area contributed by atoms with Gasteiger partial charge >= 0.3 is 0 Å². The molecule has 0 spiro atoms. The molecule has 6 nitrogen and oxygen atoms in total. The number of aromatic hydroxyl groups is 2. The largest absolute Gasteiger partial charge is 0.504 e. The zero-order chi connectivity index (χ0) is 16.6. The van der Waals surface area contributed by atoms with Gasteiger partial charge in [-0.15, -0.1) is 0 Å². The lowest BCUT2D eigenvalue weighted by atomic mass is 10.0. The van der Waals surface area contributed by atoms with E-state index in [1.807, 2.05) is 6.07 Å². The van der Waals surface area contributed by atoms with Gasteiger partial charge in [-0.3, -0.25) is 4.79 Å². The molecule has 6 heteroatoms. The van der Waals surface area contributed by atoms with Crippen molar-refractivity contribution in [1.29, 1.82) is 0 Å².